The molecule has 0 heterocycles. The molecule has 0 aliphatic carbocycles. The van der Waals surface area contributed by atoms with Gasteiger partial charge < -0.3 is 10.0 Å². The third-order valence-electron chi connectivity index (χ3n) is 2.59. The van der Waals surface area contributed by atoms with E-state index in [9.17, 15) is 4.79 Å². The van der Waals surface area contributed by atoms with E-state index in [4.69, 9.17) is 5.11 Å². The molecular weight excluding hydrogens is 214 g/mol. The van der Waals surface area contributed by atoms with Gasteiger partial charge in [0.1, 0.15) is 0 Å². The number of aliphatic carboxylic acids is 1. The van der Waals surface area contributed by atoms with Crippen molar-refractivity contribution in [2.45, 2.75) is 19.9 Å². The molecule has 0 bridgehead atoms. The average molecular weight is 233 g/mol. The molecule has 1 rings (SSSR count). The Morgan fingerprint density at radius 3 is 2.59 bits per heavy atom. The Kier molecular flexibility index (Phi) is 5.43. The second-order valence-electron chi connectivity index (χ2n) is 4.20. The molecule has 0 aromatic heterocycles. The van der Waals surface area contributed by atoms with Crippen LogP contribution < -0.4 is 0 Å². The molecule has 0 unspecified atom stereocenters. The molecule has 0 saturated heterocycles. The van der Waals surface area contributed by atoms with Gasteiger partial charge in [-0.25, -0.2) is 4.79 Å². The number of carboxylic acid groups (broad SMARTS) is 1. The topological polar surface area (TPSA) is 40.5 Å². The van der Waals surface area contributed by atoms with E-state index in [2.05, 4.69) is 17.0 Å². The molecule has 0 saturated carbocycles. The molecular formula is C14H19NO2. The number of rotatable bonds is 6. The summed E-state index contributed by atoms with van der Waals surface area (Å²) in [6, 6.07) is 10.2. The molecule has 0 radical (unpaired) electrons. The quantitative estimate of drug-likeness (QED) is 0.768. The molecule has 1 aromatic carbocycles. The van der Waals surface area contributed by atoms with Gasteiger partial charge in [0.25, 0.3) is 0 Å². The van der Waals surface area contributed by atoms with E-state index in [1.807, 2.05) is 25.2 Å². The highest BCUT2D eigenvalue weighted by molar-refractivity contribution is 5.85. The number of hydrogen-bond donors (Lipinski definition) is 1. The minimum absolute atomic E-state index is 0.415. The Morgan fingerprint density at radius 2 is 2.00 bits per heavy atom. The van der Waals surface area contributed by atoms with E-state index in [0.717, 1.165) is 19.5 Å². The van der Waals surface area contributed by atoms with Crippen molar-refractivity contribution in [2.24, 2.45) is 0 Å². The van der Waals surface area contributed by atoms with Gasteiger partial charge >= 0.3 is 5.97 Å². The lowest BCUT2D eigenvalue weighted by Crippen LogP contribution is -2.18. The van der Waals surface area contributed by atoms with Gasteiger partial charge in [-0.2, -0.15) is 0 Å². The van der Waals surface area contributed by atoms with Crippen LogP contribution in [0.2, 0.25) is 0 Å². The van der Waals surface area contributed by atoms with Crippen LogP contribution >= 0.6 is 0 Å². The molecule has 1 aromatic rings. The van der Waals surface area contributed by atoms with E-state index >= 15 is 0 Å². The largest absolute Gasteiger partial charge is 0.478 e. The van der Waals surface area contributed by atoms with Gasteiger partial charge in [0.05, 0.1) is 0 Å². The Morgan fingerprint density at radius 1 is 1.35 bits per heavy atom. The van der Waals surface area contributed by atoms with Gasteiger partial charge in [0.2, 0.25) is 0 Å². The maximum Gasteiger partial charge on any atom is 0.330 e. The zero-order chi connectivity index (χ0) is 12.7. The lowest BCUT2D eigenvalue weighted by molar-refractivity contribution is -0.132. The monoisotopic (exact) mass is 233 g/mol. The highest BCUT2D eigenvalue weighted by atomic mass is 16.4. The summed E-state index contributed by atoms with van der Waals surface area (Å²) >= 11 is 0. The molecule has 3 nitrogen and oxygen atoms in total. The second kappa shape index (κ2) is 6.86. The van der Waals surface area contributed by atoms with Crippen molar-refractivity contribution in [1.82, 2.24) is 4.90 Å². The first-order valence-electron chi connectivity index (χ1n) is 5.72. The zero-order valence-electron chi connectivity index (χ0n) is 10.4. The van der Waals surface area contributed by atoms with E-state index in [1.165, 1.54) is 5.56 Å². The Labute approximate surface area is 102 Å². The molecule has 0 spiro atoms. The van der Waals surface area contributed by atoms with Crippen LogP contribution in [0.5, 0.6) is 0 Å². The zero-order valence-corrected chi connectivity index (χ0v) is 10.4. The van der Waals surface area contributed by atoms with Gasteiger partial charge in [-0.05, 0) is 26.0 Å². The third kappa shape index (κ3) is 5.31. The molecule has 0 atom stereocenters. The summed E-state index contributed by atoms with van der Waals surface area (Å²) in [7, 11) is 2.04. The predicted molar refractivity (Wildman–Crippen MR) is 68.8 cm³/mol. The number of benzene rings is 1. The van der Waals surface area contributed by atoms with Crippen molar-refractivity contribution in [3.05, 3.63) is 47.5 Å². The molecule has 0 aliphatic heterocycles. The molecule has 92 valence electrons. The van der Waals surface area contributed by atoms with Crippen molar-refractivity contribution in [2.75, 3.05) is 13.6 Å². The summed E-state index contributed by atoms with van der Waals surface area (Å²) in [5.74, 6) is -0.837. The van der Waals surface area contributed by atoms with Crippen molar-refractivity contribution < 1.29 is 9.90 Å². The van der Waals surface area contributed by atoms with E-state index in [0.29, 0.717) is 5.57 Å². The smallest absolute Gasteiger partial charge is 0.330 e. The summed E-state index contributed by atoms with van der Waals surface area (Å²) in [6.07, 6.45) is 2.53. The van der Waals surface area contributed by atoms with Crippen molar-refractivity contribution in [1.29, 1.82) is 0 Å². The summed E-state index contributed by atoms with van der Waals surface area (Å²) in [5.41, 5.74) is 1.69. The Bertz CT molecular complexity index is 384. The van der Waals surface area contributed by atoms with Crippen LogP contribution in [0.4, 0.5) is 0 Å². The van der Waals surface area contributed by atoms with E-state index in [-0.39, 0.29) is 0 Å². The standard InChI is InChI=1S/C14H19NO2/c1-12(14(16)17)7-6-10-15(2)11-13-8-4-3-5-9-13/h3-5,7-9H,6,10-11H2,1-2H3,(H,16,17). The van der Waals surface area contributed by atoms with Gasteiger partial charge in [-0.3, -0.25) is 0 Å². The number of hydrogen-bond acceptors (Lipinski definition) is 2. The van der Waals surface area contributed by atoms with Crippen LogP contribution in [-0.2, 0) is 11.3 Å². The van der Waals surface area contributed by atoms with Crippen molar-refractivity contribution in [3.8, 4) is 0 Å². The minimum atomic E-state index is -0.837. The molecule has 0 amide bonds. The molecule has 1 N–H and O–H groups in total. The highest BCUT2D eigenvalue weighted by Gasteiger charge is 2.01. The fourth-order valence-electron chi connectivity index (χ4n) is 1.56. The fraction of sp³-hybridized carbons (Fsp3) is 0.357. The first kappa shape index (κ1) is 13.5. The minimum Gasteiger partial charge on any atom is -0.478 e. The summed E-state index contributed by atoms with van der Waals surface area (Å²) in [6.45, 7) is 3.37. The number of carboxylic acids is 1. The van der Waals surface area contributed by atoms with Crippen LogP contribution in [0.15, 0.2) is 42.0 Å². The summed E-state index contributed by atoms with van der Waals surface area (Å²) in [4.78, 5) is 12.8. The third-order valence-corrected chi connectivity index (χ3v) is 2.59. The number of carbonyl (C=O) groups is 1. The summed E-state index contributed by atoms with van der Waals surface area (Å²) < 4.78 is 0. The van der Waals surface area contributed by atoms with Crippen LogP contribution in [-0.4, -0.2) is 29.6 Å². The fourth-order valence-corrected chi connectivity index (χ4v) is 1.56. The lowest BCUT2D eigenvalue weighted by atomic mass is 10.2. The molecule has 17 heavy (non-hydrogen) atoms. The van der Waals surface area contributed by atoms with E-state index in [1.54, 1.807) is 13.0 Å². The molecule has 0 fully saturated rings. The van der Waals surface area contributed by atoms with Gasteiger partial charge in [-0.1, -0.05) is 36.4 Å². The first-order valence-corrected chi connectivity index (χ1v) is 5.72. The van der Waals surface area contributed by atoms with Crippen LogP contribution in [0.3, 0.4) is 0 Å². The Balaban J connectivity index is 2.34. The Hall–Kier alpha value is -1.61. The number of nitrogens with zero attached hydrogens (tertiary/aromatic N) is 1. The normalized spacial score (nSPS) is 11.8. The maximum atomic E-state index is 10.6. The average Bonchev–Trinajstić information content (AvgIpc) is 2.30. The second-order valence-corrected chi connectivity index (χ2v) is 4.20. The lowest BCUT2D eigenvalue weighted by Gasteiger charge is -2.15. The van der Waals surface area contributed by atoms with Gasteiger partial charge in [0.15, 0.2) is 0 Å². The van der Waals surface area contributed by atoms with Gasteiger partial charge in [-0.15, -0.1) is 0 Å². The van der Waals surface area contributed by atoms with Crippen LogP contribution in [0, 0.1) is 0 Å². The van der Waals surface area contributed by atoms with Crippen LogP contribution in [0.1, 0.15) is 18.9 Å². The summed E-state index contributed by atoms with van der Waals surface area (Å²) in [5, 5.41) is 8.70. The van der Waals surface area contributed by atoms with Gasteiger partial charge in [0, 0.05) is 18.7 Å². The molecule has 0 aliphatic rings. The van der Waals surface area contributed by atoms with Crippen molar-refractivity contribution in [3.63, 3.8) is 0 Å². The van der Waals surface area contributed by atoms with Crippen LogP contribution in [0.25, 0.3) is 0 Å². The van der Waals surface area contributed by atoms with Crippen molar-refractivity contribution >= 4 is 5.97 Å². The SMILES string of the molecule is CC(=CCCN(C)Cc1ccccc1)C(=O)O. The molecule has 3 heteroatoms. The predicted octanol–water partition coefficient (Wildman–Crippen LogP) is 2.54. The highest BCUT2D eigenvalue weighted by Crippen LogP contribution is 2.04. The maximum absolute atomic E-state index is 10.6. The van der Waals surface area contributed by atoms with E-state index < -0.39 is 5.97 Å². The first-order chi connectivity index (χ1) is 8.09.